The van der Waals surface area contributed by atoms with E-state index >= 15 is 0 Å². The van der Waals surface area contributed by atoms with Crippen LogP contribution in [0.15, 0.2) is 0 Å². The Morgan fingerprint density at radius 1 is 1.50 bits per heavy atom. The molecule has 1 saturated heterocycles. The van der Waals surface area contributed by atoms with Gasteiger partial charge in [0, 0.05) is 13.1 Å². The van der Waals surface area contributed by atoms with Crippen LogP contribution in [0.4, 0.5) is 0 Å². The fourth-order valence-corrected chi connectivity index (χ4v) is 2.16. The van der Waals surface area contributed by atoms with Gasteiger partial charge < -0.3 is 10.2 Å². The third-order valence-corrected chi connectivity index (χ3v) is 3.04. The highest BCUT2D eigenvalue weighted by molar-refractivity contribution is 5.78. The first-order chi connectivity index (χ1) is 7.77. The highest BCUT2D eigenvalue weighted by atomic mass is 16.2. The Morgan fingerprint density at radius 2 is 2.19 bits per heavy atom. The van der Waals surface area contributed by atoms with Gasteiger partial charge in [-0.2, -0.15) is 0 Å². The molecule has 0 bridgehead atoms. The van der Waals surface area contributed by atoms with Crippen molar-refractivity contribution in [2.45, 2.75) is 32.6 Å². The number of rotatable bonds is 5. The Hall–Kier alpha value is -1.01. The van der Waals surface area contributed by atoms with Crippen LogP contribution in [-0.4, -0.2) is 37.0 Å². The average Bonchev–Trinajstić information content (AvgIpc) is 2.30. The molecule has 0 radical (unpaired) electrons. The van der Waals surface area contributed by atoms with E-state index in [9.17, 15) is 4.79 Å². The average molecular weight is 222 g/mol. The number of terminal acetylenes is 1. The zero-order chi connectivity index (χ0) is 11.8. The largest absolute Gasteiger partial charge is 0.342 e. The second kappa shape index (κ2) is 7.29. The van der Waals surface area contributed by atoms with E-state index in [1.807, 2.05) is 4.90 Å². The van der Waals surface area contributed by atoms with Crippen LogP contribution in [0.3, 0.4) is 0 Å². The number of amides is 1. The van der Waals surface area contributed by atoms with Crippen molar-refractivity contribution in [2.24, 2.45) is 5.92 Å². The minimum Gasteiger partial charge on any atom is -0.342 e. The molecule has 1 aliphatic rings. The molecule has 1 heterocycles. The van der Waals surface area contributed by atoms with Crippen molar-refractivity contribution in [3.63, 3.8) is 0 Å². The molecule has 1 aliphatic heterocycles. The van der Waals surface area contributed by atoms with Crippen LogP contribution in [0.5, 0.6) is 0 Å². The number of nitrogens with zero attached hydrogens (tertiary/aromatic N) is 1. The summed E-state index contributed by atoms with van der Waals surface area (Å²) in [5.74, 6) is 3.20. The van der Waals surface area contributed by atoms with Crippen LogP contribution in [0.1, 0.15) is 32.6 Å². The Balaban J connectivity index is 2.42. The second-order valence-electron chi connectivity index (χ2n) is 4.41. The molecule has 1 N–H and O–H groups in total. The fourth-order valence-electron chi connectivity index (χ4n) is 2.16. The summed E-state index contributed by atoms with van der Waals surface area (Å²) < 4.78 is 0. The highest BCUT2D eigenvalue weighted by Crippen LogP contribution is 2.14. The van der Waals surface area contributed by atoms with Crippen molar-refractivity contribution >= 4 is 5.91 Å². The summed E-state index contributed by atoms with van der Waals surface area (Å²) in [6, 6.07) is 0. The summed E-state index contributed by atoms with van der Waals surface area (Å²) in [5.41, 5.74) is 0. The van der Waals surface area contributed by atoms with E-state index in [2.05, 4.69) is 18.2 Å². The van der Waals surface area contributed by atoms with Gasteiger partial charge in [-0.25, -0.2) is 0 Å². The summed E-state index contributed by atoms with van der Waals surface area (Å²) >= 11 is 0. The van der Waals surface area contributed by atoms with Gasteiger partial charge in [0.2, 0.25) is 5.91 Å². The summed E-state index contributed by atoms with van der Waals surface area (Å²) in [6.07, 6.45) is 8.77. The monoisotopic (exact) mass is 222 g/mol. The van der Waals surface area contributed by atoms with Crippen LogP contribution in [0.25, 0.3) is 0 Å². The van der Waals surface area contributed by atoms with E-state index in [1.165, 1.54) is 12.8 Å². The normalized spacial score (nSPS) is 16.8. The SMILES string of the molecule is C#CCC(=O)N(CCC)CC1CCNCC1. The van der Waals surface area contributed by atoms with Crippen molar-refractivity contribution in [1.82, 2.24) is 10.2 Å². The highest BCUT2D eigenvalue weighted by Gasteiger charge is 2.19. The first kappa shape index (κ1) is 13.1. The number of hydrogen-bond acceptors (Lipinski definition) is 2. The molecular formula is C13H22N2O. The van der Waals surface area contributed by atoms with Gasteiger partial charge in [0.15, 0.2) is 0 Å². The third kappa shape index (κ3) is 4.24. The minimum atomic E-state index is 0.114. The standard InChI is InChI=1S/C13H22N2O/c1-3-5-13(16)15(10-4-2)11-12-6-8-14-9-7-12/h1,12,14H,4-11H2,2H3. The predicted octanol–water partition coefficient (Wildman–Crippen LogP) is 1.25. The first-order valence-corrected chi connectivity index (χ1v) is 6.19. The number of nitrogens with one attached hydrogen (secondary N) is 1. The van der Waals surface area contributed by atoms with Crippen LogP contribution in [0.2, 0.25) is 0 Å². The van der Waals surface area contributed by atoms with Gasteiger partial charge in [-0.3, -0.25) is 4.79 Å². The van der Waals surface area contributed by atoms with E-state index in [0.717, 1.165) is 32.6 Å². The quantitative estimate of drug-likeness (QED) is 0.710. The molecule has 3 nitrogen and oxygen atoms in total. The maximum absolute atomic E-state index is 11.8. The molecule has 0 saturated carbocycles. The number of piperidine rings is 1. The van der Waals surface area contributed by atoms with Crippen LogP contribution in [0, 0.1) is 18.3 Å². The lowest BCUT2D eigenvalue weighted by Crippen LogP contribution is -2.39. The summed E-state index contributed by atoms with van der Waals surface area (Å²) in [7, 11) is 0. The zero-order valence-electron chi connectivity index (χ0n) is 10.2. The van der Waals surface area contributed by atoms with Crippen molar-refractivity contribution in [1.29, 1.82) is 0 Å². The minimum absolute atomic E-state index is 0.114. The first-order valence-electron chi connectivity index (χ1n) is 6.19. The van der Waals surface area contributed by atoms with Gasteiger partial charge in [0.05, 0.1) is 6.42 Å². The second-order valence-corrected chi connectivity index (χ2v) is 4.41. The summed E-state index contributed by atoms with van der Waals surface area (Å²) in [4.78, 5) is 13.7. The topological polar surface area (TPSA) is 32.3 Å². The lowest BCUT2D eigenvalue weighted by atomic mass is 9.97. The molecule has 0 aromatic rings. The van der Waals surface area contributed by atoms with Crippen molar-refractivity contribution in [2.75, 3.05) is 26.2 Å². The Kier molecular flexibility index (Phi) is 5.95. The van der Waals surface area contributed by atoms with Gasteiger partial charge in [-0.05, 0) is 38.3 Å². The van der Waals surface area contributed by atoms with Crippen molar-refractivity contribution in [3.8, 4) is 12.3 Å². The molecular weight excluding hydrogens is 200 g/mol. The Labute approximate surface area is 98.6 Å². The lowest BCUT2D eigenvalue weighted by Gasteiger charge is -2.29. The number of hydrogen-bond donors (Lipinski definition) is 1. The van der Waals surface area contributed by atoms with Crippen LogP contribution in [-0.2, 0) is 4.79 Å². The third-order valence-electron chi connectivity index (χ3n) is 3.04. The van der Waals surface area contributed by atoms with E-state index in [0.29, 0.717) is 5.92 Å². The van der Waals surface area contributed by atoms with E-state index in [4.69, 9.17) is 6.42 Å². The molecule has 1 fully saturated rings. The molecule has 0 atom stereocenters. The maximum atomic E-state index is 11.8. The van der Waals surface area contributed by atoms with Crippen LogP contribution >= 0.6 is 0 Å². The van der Waals surface area contributed by atoms with Gasteiger partial charge in [-0.15, -0.1) is 6.42 Å². The Morgan fingerprint density at radius 3 is 2.75 bits per heavy atom. The van der Waals surface area contributed by atoms with Gasteiger partial charge in [-0.1, -0.05) is 12.8 Å². The summed E-state index contributed by atoms with van der Waals surface area (Å²) in [6.45, 7) is 5.97. The van der Waals surface area contributed by atoms with Gasteiger partial charge >= 0.3 is 0 Å². The van der Waals surface area contributed by atoms with E-state index < -0.39 is 0 Å². The van der Waals surface area contributed by atoms with Crippen molar-refractivity contribution in [3.05, 3.63) is 0 Å². The fraction of sp³-hybridized carbons (Fsp3) is 0.769. The molecule has 0 aliphatic carbocycles. The maximum Gasteiger partial charge on any atom is 0.234 e. The number of carbonyl (C=O) groups excluding carboxylic acids is 1. The molecule has 0 spiro atoms. The summed E-state index contributed by atoms with van der Waals surface area (Å²) in [5, 5.41) is 3.34. The van der Waals surface area contributed by atoms with Crippen molar-refractivity contribution < 1.29 is 4.79 Å². The van der Waals surface area contributed by atoms with Gasteiger partial charge in [0.25, 0.3) is 0 Å². The predicted molar refractivity (Wildman–Crippen MR) is 65.9 cm³/mol. The van der Waals surface area contributed by atoms with E-state index in [1.54, 1.807) is 0 Å². The molecule has 1 rings (SSSR count). The van der Waals surface area contributed by atoms with E-state index in [-0.39, 0.29) is 12.3 Å². The smallest absolute Gasteiger partial charge is 0.234 e. The number of carbonyl (C=O) groups is 1. The molecule has 0 aromatic heterocycles. The lowest BCUT2D eigenvalue weighted by molar-refractivity contribution is -0.130. The molecule has 3 heteroatoms. The Bertz CT molecular complexity index is 251. The molecule has 16 heavy (non-hydrogen) atoms. The van der Waals surface area contributed by atoms with Gasteiger partial charge in [0.1, 0.15) is 0 Å². The van der Waals surface area contributed by atoms with Crippen LogP contribution < -0.4 is 5.32 Å². The molecule has 0 unspecified atom stereocenters. The molecule has 0 aromatic carbocycles. The molecule has 1 amide bonds. The molecule has 90 valence electrons. The zero-order valence-corrected chi connectivity index (χ0v) is 10.2.